The summed E-state index contributed by atoms with van der Waals surface area (Å²) in [5.41, 5.74) is 2.72. The third kappa shape index (κ3) is 7.75. The minimum atomic E-state index is -4.74. The lowest BCUT2D eigenvalue weighted by molar-refractivity contribution is -0.274. The minimum Gasteiger partial charge on any atom is -0.479 e. The molecule has 0 saturated carbocycles. The number of benzene rings is 2. The van der Waals surface area contributed by atoms with Gasteiger partial charge < -0.3 is 19.4 Å². The van der Waals surface area contributed by atoms with Gasteiger partial charge in [0.15, 0.2) is 6.10 Å². The summed E-state index contributed by atoms with van der Waals surface area (Å²) in [6, 6.07) is 12.5. The smallest absolute Gasteiger partial charge is 0.479 e. The van der Waals surface area contributed by atoms with Gasteiger partial charge in [-0.05, 0) is 48.7 Å². The molecule has 1 N–H and O–H groups in total. The number of aliphatic carboxylic acids is 1. The molecule has 0 aliphatic carbocycles. The first kappa shape index (κ1) is 23.2. The number of alkyl halides is 3. The highest BCUT2D eigenvalue weighted by atomic mass is 19.4. The van der Waals surface area contributed by atoms with E-state index in [0.717, 1.165) is 11.1 Å². The van der Waals surface area contributed by atoms with E-state index >= 15 is 0 Å². The van der Waals surface area contributed by atoms with Crippen LogP contribution in [-0.2, 0) is 27.4 Å². The Labute approximate surface area is 171 Å². The van der Waals surface area contributed by atoms with Gasteiger partial charge in [0.1, 0.15) is 12.4 Å². The summed E-state index contributed by atoms with van der Waals surface area (Å²) >= 11 is 0. The monoisotopic (exact) mass is 425 g/mol. The predicted molar refractivity (Wildman–Crippen MR) is 103 cm³/mol. The second kappa shape index (κ2) is 10.6. The van der Waals surface area contributed by atoms with Crippen molar-refractivity contribution < 1.29 is 37.4 Å². The maximum absolute atomic E-state index is 12.2. The van der Waals surface area contributed by atoms with Crippen molar-refractivity contribution in [2.24, 2.45) is 5.16 Å². The van der Waals surface area contributed by atoms with Crippen LogP contribution >= 0.6 is 0 Å². The predicted octanol–water partition coefficient (Wildman–Crippen LogP) is 4.56. The van der Waals surface area contributed by atoms with Crippen molar-refractivity contribution in [1.29, 1.82) is 0 Å². The summed E-state index contributed by atoms with van der Waals surface area (Å²) in [5, 5.41) is 13.2. The van der Waals surface area contributed by atoms with Crippen molar-refractivity contribution >= 4 is 11.7 Å². The van der Waals surface area contributed by atoms with Gasteiger partial charge in [0, 0.05) is 13.0 Å². The summed E-state index contributed by atoms with van der Waals surface area (Å²) < 4.78 is 45.6. The lowest BCUT2D eigenvalue weighted by Crippen LogP contribution is -2.26. The van der Waals surface area contributed by atoms with Crippen LogP contribution in [0, 0.1) is 0 Å². The van der Waals surface area contributed by atoms with Crippen molar-refractivity contribution in [3.8, 4) is 5.75 Å². The number of ether oxygens (including phenoxy) is 2. The average molecular weight is 425 g/mol. The van der Waals surface area contributed by atoms with Crippen LogP contribution in [0.4, 0.5) is 13.2 Å². The fraction of sp³-hybridized carbons (Fsp3) is 0.333. The van der Waals surface area contributed by atoms with Gasteiger partial charge in [-0.25, -0.2) is 4.79 Å². The molecule has 162 valence electrons. The van der Waals surface area contributed by atoms with Crippen molar-refractivity contribution in [1.82, 2.24) is 0 Å². The zero-order valence-corrected chi connectivity index (χ0v) is 16.5. The summed E-state index contributed by atoms with van der Waals surface area (Å²) in [6.45, 7) is 3.83. The Hall–Kier alpha value is -3.07. The topological polar surface area (TPSA) is 77.3 Å². The number of carboxylic acid groups (broad SMARTS) is 1. The van der Waals surface area contributed by atoms with Crippen LogP contribution in [0.1, 0.15) is 30.5 Å². The van der Waals surface area contributed by atoms with Gasteiger partial charge in [-0.1, -0.05) is 35.5 Å². The van der Waals surface area contributed by atoms with E-state index in [0.29, 0.717) is 17.9 Å². The summed E-state index contributed by atoms with van der Waals surface area (Å²) in [5.74, 6) is -1.34. The highest BCUT2D eigenvalue weighted by Gasteiger charge is 2.30. The van der Waals surface area contributed by atoms with Crippen LogP contribution in [0.25, 0.3) is 0 Å². The molecule has 0 fully saturated rings. The number of halogens is 3. The molecule has 0 bridgehead atoms. The highest BCUT2D eigenvalue weighted by molar-refractivity contribution is 5.98. The second-order valence-electron chi connectivity index (χ2n) is 6.33. The van der Waals surface area contributed by atoms with Crippen LogP contribution in [0.15, 0.2) is 53.7 Å². The molecule has 0 aliphatic heterocycles. The molecular formula is C21H22F3NO5. The largest absolute Gasteiger partial charge is 0.573 e. The van der Waals surface area contributed by atoms with Gasteiger partial charge in [0.25, 0.3) is 0 Å². The lowest BCUT2D eigenvalue weighted by Gasteiger charge is -2.13. The van der Waals surface area contributed by atoms with E-state index in [1.807, 2.05) is 6.07 Å². The Morgan fingerprint density at radius 1 is 1.13 bits per heavy atom. The molecule has 1 atom stereocenters. The first-order valence-electron chi connectivity index (χ1n) is 9.13. The molecule has 1 unspecified atom stereocenters. The van der Waals surface area contributed by atoms with Gasteiger partial charge in [-0.2, -0.15) is 0 Å². The Morgan fingerprint density at radius 2 is 1.83 bits per heavy atom. The molecule has 0 heterocycles. The minimum absolute atomic E-state index is 0.0642. The van der Waals surface area contributed by atoms with Gasteiger partial charge >= 0.3 is 12.3 Å². The third-order valence-electron chi connectivity index (χ3n) is 4.00. The van der Waals surface area contributed by atoms with Crippen molar-refractivity contribution in [2.75, 3.05) is 6.61 Å². The number of oxime groups is 1. The van der Waals surface area contributed by atoms with Crippen molar-refractivity contribution in [3.05, 3.63) is 65.2 Å². The maximum Gasteiger partial charge on any atom is 0.573 e. The van der Waals surface area contributed by atoms with Crippen LogP contribution < -0.4 is 4.74 Å². The second-order valence-corrected chi connectivity index (χ2v) is 6.33. The molecule has 0 saturated heterocycles. The zero-order valence-electron chi connectivity index (χ0n) is 16.5. The van der Waals surface area contributed by atoms with E-state index in [4.69, 9.17) is 9.57 Å². The molecule has 30 heavy (non-hydrogen) atoms. The number of carboxylic acids is 1. The molecule has 0 amide bonds. The Kier molecular flexibility index (Phi) is 8.23. The molecule has 2 aromatic rings. The quantitative estimate of drug-likeness (QED) is 0.446. The lowest BCUT2D eigenvalue weighted by atomic mass is 10.0. The molecule has 0 aliphatic rings. The SMILES string of the molecule is CCOC(Cc1cccc(/C(C)=N/OCc2ccc(OC(F)(F)F)cc2)c1)C(=O)O. The first-order valence-corrected chi connectivity index (χ1v) is 9.13. The fourth-order valence-corrected chi connectivity index (χ4v) is 2.60. The molecule has 2 aromatic carbocycles. The van der Waals surface area contributed by atoms with E-state index in [1.165, 1.54) is 24.3 Å². The molecule has 6 nitrogen and oxygen atoms in total. The maximum atomic E-state index is 12.2. The average Bonchev–Trinajstić information content (AvgIpc) is 2.68. The number of hydrogen-bond donors (Lipinski definition) is 1. The number of nitrogens with zero attached hydrogens (tertiary/aromatic N) is 1. The first-order chi connectivity index (χ1) is 14.2. The Morgan fingerprint density at radius 3 is 2.43 bits per heavy atom. The van der Waals surface area contributed by atoms with Gasteiger partial charge in [0.05, 0.1) is 5.71 Å². The van der Waals surface area contributed by atoms with E-state index in [2.05, 4.69) is 9.89 Å². The normalized spacial score (nSPS) is 13.0. The number of rotatable bonds is 10. The Balaban J connectivity index is 1.96. The summed E-state index contributed by atoms with van der Waals surface area (Å²) in [4.78, 5) is 16.5. The van der Waals surface area contributed by atoms with Gasteiger partial charge in [-0.3, -0.25) is 0 Å². The molecule has 0 spiro atoms. The summed E-state index contributed by atoms with van der Waals surface area (Å²) in [7, 11) is 0. The van der Waals surface area contributed by atoms with Crippen LogP contribution in [-0.4, -0.2) is 35.9 Å². The van der Waals surface area contributed by atoms with Crippen molar-refractivity contribution in [3.63, 3.8) is 0 Å². The van der Waals surface area contributed by atoms with Gasteiger partial charge in [0.2, 0.25) is 0 Å². The molecular weight excluding hydrogens is 403 g/mol. The molecule has 9 heteroatoms. The van der Waals surface area contributed by atoms with Crippen LogP contribution in [0.5, 0.6) is 5.75 Å². The van der Waals surface area contributed by atoms with E-state index in [1.54, 1.807) is 32.0 Å². The molecule has 0 radical (unpaired) electrons. The number of hydrogen-bond acceptors (Lipinski definition) is 5. The van der Waals surface area contributed by atoms with E-state index in [-0.39, 0.29) is 18.8 Å². The zero-order chi connectivity index (χ0) is 22.1. The Bertz CT molecular complexity index is 866. The third-order valence-corrected chi connectivity index (χ3v) is 4.00. The van der Waals surface area contributed by atoms with Crippen molar-refractivity contribution in [2.45, 2.75) is 39.3 Å². The number of carbonyl (C=O) groups is 1. The van der Waals surface area contributed by atoms with Crippen LogP contribution in [0.2, 0.25) is 0 Å². The van der Waals surface area contributed by atoms with Crippen LogP contribution in [0.3, 0.4) is 0 Å². The van der Waals surface area contributed by atoms with E-state index in [9.17, 15) is 23.1 Å². The molecule has 0 aromatic heterocycles. The van der Waals surface area contributed by atoms with Gasteiger partial charge in [-0.15, -0.1) is 13.2 Å². The van der Waals surface area contributed by atoms with E-state index < -0.39 is 18.4 Å². The molecule has 2 rings (SSSR count). The summed E-state index contributed by atoms with van der Waals surface area (Å²) in [6.07, 6.45) is -5.44. The fourth-order valence-electron chi connectivity index (χ4n) is 2.60. The highest BCUT2D eigenvalue weighted by Crippen LogP contribution is 2.23. The standard InChI is InChI=1S/C21H22F3NO5/c1-3-28-19(20(26)27)12-16-5-4-6-17(11-16)14(2)25-29-13-15-7-9-18(10-8-15)30-21(22,23)24/h4-11,19H,3,12-13H2,1-2H3,(H,26,27)/b25-14+.